The Morgan fingerprint density at radius 1 is 1.20 bits per heavy atom. The maximum Gasteiger partial charge on any atom is 0.123 e. The molecule has 0 radical (unpaired) electrons. The van der Waals surface area contributed by atoms with Crippen LogP contribution in [0.25, 0.3) is 0 Å². The zero-order valence-electron chi connectivity index (χ0n) is 9.46. The third kappa shape index (κ3) is 11.5. The Morgan fingerprint density at radius 2 is 1.87 bits per heavy atom. The minimum atomic E-state index is -1.03. The van der Waals surface area contributed by atoms with Crippen molar-refractivity contribution in [3.05, 3.63) is 12.7 Å². The number of unbranched alkanes of at least 4 members (excludes halogenated alkanes) is 4. The quantitative estimate of drug-likeness (QED) is 0.427. The van der Waals surface area contributed by atoms with Crippen LogP contribution in [0.4, 0.5) is 4.39 Å². The van der Waals surface area contributed by atoms with Gasteiger partial charge in [0.2, 0.25) is 0 Å². The SMILES string of the molecule is C=CCOCCCCCCCC(F)CO. The van der Waals surface area contributed by atoms with Gasteiger partial charge in [-0.25, -0.2) is 4.39 Å². The molecule has 0 bridgehead atoms. The van der Waals surface area contributed by atoms with Gasteiger partial charge in [0, 0.05) is 6.61 Å². The summed E-state index contributed by atoms with van der Waals surface area (Å²) < 4.78 is 17.8. The van der Waals surface area contributed by atoms with Crippen LogP contribution in [-0.4, -0.2) is 31.1 Å². The molecule has 90 valence electrons. The van der Waals surface area contributed by atoms with E-state index in [0.29, 0.717) is 13.0 Å². The van der Waals surface area contributed by atoms with Crippen LogP contribution >= 0.6 is 0 Å². The van der Waals surface area contributed by atoms with Crippen LogP contribution in [0.2, 0.25) is 0 Å². The Morgan fingerprint density at radius 3 is 2.53 bits per heavy atom. The van der Waals surface area contributed by atoms with Crippen molar-refractivity contribution < 1.29 is 14.2 Å². The summed E-state index contributed by atoms with van der Waals surface area (Å²) in [7, 11) is 0. The predicted octanol–water partition coefficient (Wildman–Crippen LogP) is 2.86. The van der Waals surface area contributed by atoms with Crippen molar-refractivity contribution in [1.82, 2.24) is 0 Å². The maximum atomic E-state index is 12.6. The third-order valence-electron chi connectivity index (χ3n) is 2.24. The molecule has 0 amide bonds. The first-order chi connectivity index (χ1) is 7.31. The Labute approximate surface area is 92.1 Å². The van der Waals surface area contributed by atoms with Crippen LogP contribution in [0.1, 0.15) is 38.5 Å². The first-order valence-electron chi connectivity index (χ1n) is 5.74. The van der Waals surface area contributed by atoms with Crippen LogP contribution in [-0.2, 0) is 4.74 Å². The summed E-state index contributed by atoms with van der Waals surface area (Å²) in [6.45, 7) is 4.64. The largest absolute Gasteiger partial charge is 0.393 e. The fourth-order valence-corrected chi connectivity index (χ4v) is 1.36. The fourth-order valence-electron chi connectivity index (χ4n) is 1.36. The molecule has 0 saturated carbocycles. The molecule has 1 atom stereocenters. The molecule has 0 aromatic rings. The molecule has 0 aromatic carbocycles. The highest BCUT2D eigenvalue weighted by molar-refractivity contribution is 4.63. The second-order valence-corrected chi connectivity index (χ2v) is 3.70. The minimum Gasteiger partial charge on any atom is -0.393 e. The first-order valence-corrected chi connectivity index (χ1v) is 5.74. The van der Waals surface area contributed by atoms with Crippen LogP contribution in [0, 0.1) is 0 Å². The molecule has 0 fully saturated rings. The minimum absolute atomic E-state index is 0.338. The molecular weight excluding hydrogens is 195 g/mol. The van der Waals surface area contributed by atoms with Crippen molar-refractivity contribution in [3.8, 4) is 0 Å². The van der Waals surface area contributed by atoms with E-state index in [4.69, 9.17) is 9.84 Å². The number of halogens is 1. The molecule has 2 nitrogen and oxygen atoms in total. The van der Waals surface area contributed by atoms with E-state index in [9.17, 15) is 4.39 Å². The fraction of sp³-hybridized carbons (Fsp3) is 0.833. The van der Waals surface area contributed by atoms with E-state index in [1.165, 1.54) is 0 Å². The molecule has 0 aromatic heterocycles. The molecular formula is C12H23FO2. The summed E-state index contributed by atoms with van der Waals surface area (Å²) >= 11 is 0. The highest BCUT2D eigenvalue weighted by Crippen LogP contribution is 2.09. The number of aliphatic hydroxyl groups is 1. The monoisotopic (exact) mass is 218 g/mol. The van der Waals surface area contributed by atoms with Gasteiger partial charge >= 0.3 is 0 Å². The lowest BCUT2D eigenvalue weighted by molar-refractivity contribution is 0.156. The Balaban J connectivity index is 2.95. The molecule has 0 spiro atoms. The van der Waals surface area contributed by atoms with Gasteiger partial charge in [-0.05, 0) is 12.8 Å². The van der Waals surface area contributed by atoms with Crippen molar-refractivity contribution in [3.63, 3.8) is 0 Å². The van der Waals surface area contributed by atoms with Crippen LogP contribution in [0.5, 0.6) is 0 Å². The molecule has 0 heterocycles. The number of aliphatic hydroxyl groups excluding tert-OH is 1. The zero-order chi connectivity index (χ0) is 11.4. The average molecular weight is 218 g/mol. The van der Waals surface area contributed by atoms with Gasteiger partial charge in [0.1, 0.15) is 6.17 Å². The molecule has 0 rings (SSSR count). The van der Waals surface area contributed by atoms with Gasteiger partial charge in [-0.15, -0.1) is 6.58 Å². The van der Waals surface area contributed by atoms with Gasteiger partial charge in [0.25, 0.3) is 0 Å². The van der Waals surface area contributed by atoms with Gasteiger partial charge in [-0.3, -0.25) is 0 Å². The number of alkyl halides is 1. The van der Waals surface area contributed by atoms with Gasteiger partial charge in [0.05, 0.1) is 13.2 Å². The summed E-state index contributed by atoms with van der Waals surface area (Å²) in [6, 6.07) is 0. The predicted molar refractivity (Wildman–Crippen MR) is 60.7 cm³/mol. The van der Waals surface area contributed by atoms with Gasteiger partial charge < -0.3 is 9.84 Å². The molecule has 1 N–H and O–H groups in total. The van der Waals surface area contributed by atoms with Crippen molar-refractivity contribution in [2.45, 2.75) is 44.7 Å². The first kappa shape index (κ1) is 14.6. The van der Waals surface area contributed by atoms with Crippen LogP contribution in [0.15, 0.2) is 12.7 Å². The van der Waals surface area contributed by atoms with Gasteiger partial charge in [-0.2, -0.15) is 0 Å². The Bertz CT molecular complexity index is 140. The van der Waals surface area contributed by atoms with Gasteiger partial charge in [0.15, 0.2) is 0 Å². The lowest BCUT2D eigenvalue weighted by Crippen LogP contribution is -2.05. The summed E-state index contributed by atoms with van der Waals surface area (Å²) in [5.41, 5.74) is 0. The summed E-state index contributed by atoms with van der Waals surface area (Å²) in [5.74, 6) is 0. The van der Waals surface area contributed by atoms with E-state index in [1.807, 2.05) is 0 Å². The summed E-state index contributed by atoms with van der Waals surface area (Å²) in [6.07, 6.45) is 6.44. The van der Waals surface area contributed by atoms with Crippen LogP contribution in [0.3, 0.4) is 0 Å². The lowest BCUT2D eigenvalue weighted by atomic mass is 10.1. The van der Waals surface area contributed by atoms with Crippen molar-refractivity contribution in [2.24, 2.45) is 0 Å². The van der Waals surface area contributed by atoms with E-state index in [-0.39, 0.29) is 6.61 Å². The molecule has 0 saturated heterocycles. The maximum absolute atomic E-state index is 12.6. The Kier molecular flexibility index (Phi) is 11.3. The van der Waals surface area contributed by atoms with Gasteiger partial charge in [-0.1, -0.05) is 31.8 Å². The smallest absolute Gasteiger partial charge is 0.123 e. The zero-order valence-corrected chi connectivity index (χ0v) is 9.46. The molecule has 1 unspecified atom stereocenters. The standard InChI is InChI=1S/C12H23FO2/c1-2-9-15-10-7-5-3-4-6-8-12(13)11-14/h2,12,14H,1,3-11H2. The summed E-state index contributed by atoms with van der Waals surface area (Å²) in [4.78, 5) is 0. The normalized spacial score (nSPS) is 12.7. The Hall–Kier alpha value is -0.410. The number of hydrogen-bond donors (Lipinski definition) is 1. The second kappa shape index (κ2) is 11.7. The van der Waals surface area contributed by atoms with Crippen molar-refractivity contribution in [2.75, 3.05) is 19.8 Å². The average Bonchev–Trinajstić information content (AvgIpc) is 2.26. The molecule has 0 aliphatic carbocycles. The third-order valence-corrected chi connectivity index (χ3v) is 2.24. The van der Waals surface area contributed by atoms with Crippen molar-refractivity contribution in [1.29, 1.82) is 0 Å². The van der Waals surface area contributed by atoms with E-state index in [2.05, 4.69) is 6.58 Å². The molecule has 0 aliphatic heterocycles. The molecule has 0 aliphatic rings. The second-order valence-electron chi connectivity index (χ2n) is 3.70. The molecule has 15 heavy (non-hydrogen) atoms. The van der Waals surface area contributed by atoms with Crippen molar-refractivity contribution >= 4 is 0 Å². The van der Waals surface area contributed by atoms with E-state index >= 15 is 0 Å². The highest BCUT2D eigenvalue weighted by atomic mass is 19.1. The van der Waals surface area contributed by atoms with E-state index < -0.39 is 6.17 Å². The highest BCUT2D eigenvalue weighted by Gasteiger charge is 2.02. The topological polar surface area (TPSA) is 29.5 Å². The number of rotatable bonds is 11. The molecule has 3 heteroatoms. The number of hydrogen-bond acceptors (Lipinski definition) is 2. The van der Waals surface area contributed by atoms with E-state index in [0.717, 1.165) is 38.7 Å². The summed E-state index contributed by atoms with van der Waals surface area (Å²) in [5, 5.41) is 8.46. The van der Waals surface area contributed by atoms with E-state index in [1.54, 1.807) is 6.08 Å². The number of ether oxygens (including phenoxy) is 1. The van der Waals surface area contributed by atoms with Crippen LogP contribution < -0.4 is 0 Å². The lowest BCUT2D eigenvalue weighted by Gasteiger charge is -2.04.